The third kappa shape index (κ3) is 1.90. The van der Waals surface area contributed by atoms with E-state index in [9.17, 15) is 5.11 Å². The summed E-state index contributed by atoms with van der Waals surface area (Å²) in [6.07, 6.45) is 2.68. The third-order valence-corrected chi connectivity index (χ3v) is 3.42. The molecular weight excluding hydrogens is 219 g/mol. The number of aliphatic hydroxyl groups is 1. The second kappa shape index (κ2) is 4.09. The predicted molar refractivity (Wildman–Crippen MR) is 59.1 cm³/mol. The minimum absolute atomic E-state index is 0.168. The van der Waals surface area contributed by atoms with Crippen LogP contribution in [0.2, 0.25) is 10.0 Å². The molecule has 0 heterocycles. The van der Waals surface area contributed by atoms with Crippen molar-refractivity contribution in [3.8, 4) is 0 Å². The average Bonchev–Trinajstić information content (AvgIpc) is 2.56. The van der Waals surface area contributed by atoms with Gasteiger partial charge in [0.1, 0.15) is 0 Å². The molecule has 2 unspecified atom stereocenters. The van der Waals surface area contributed by atoms with Gasteiger partial charge in [-0.2, -0.15) is 0 Å². The van der Waals surface area contributed by atoms with E-state index in [1.807, 2.05) is 6.07 Å². The van der Waals surface area contributed by atoms with Crippen LogP contribution in [0.3, 0.4) is 0 Å². The molecule has 1 fully saturated rings. The Hall–Kier alpha value is -0.240. The summed E-state index contributed by atoms with van der Waals surface area (Å²) in [5, 5.41) is 11.1. The van der Waals surface area contributed by atoms with E-state index in [0.717, 1.165) is 24.8 Å². The maximum atomic E-state index is 9.76. The van der Waals surface area contributed by atoms with E-state index in [1.54, 1.807) is 12.1 Å². The van der Waals surface area contributed by atoms with E-state index in [1.165, 1.54) is 0 Å². The summed E-state index contributed by atoms with van der Waals surface area (Å²) in [6, 6.07) is 5.43. The highest BCUT2D eigenvalue weighted by Gasteiger charge is 2.28. The molecule has 0 spiro atoms. The molecule has 1 nitrogen and oxygen atoms in total. The van der Waals surface area contributed by atoms with Gasteiger partial charge in [-0.1, -0.05) is 29.6 Å². The largest absolute Gasteiger partial charge is 0.392 e. The van der Waals surface area contributed by atoms with Crippen LogP contribution in [-0.4, -0.2) is 11.2 Å². The lowest BCUT2D eigenvalue weighted by atomic mass is 9.96. The summed E-state index contributed by atoms with van der Waals surface area (Å²) in [5.41, 5.74) is 0.990. The fourth-order valence-electron chi connectivity index (χ4n) is 2.10. The molecule has 1 N–H and O–H groups in total. The second-order valence-corrected chi connectivity index (χ2v) is 4.61. The maximum Gasteiger partial charge on any atom is 0.0609 e. The lowest BCUT2D eigenvalue weighted by Gasteiger charge is -2.16. The standard InChI is InChI=1S/C11H12Cl2O/c12-7-4-5-10(13)9(6-7)8-2-1-3-11(8)14/h4-6,8,11,14H,1-3H2. The van der Waals surface area contributed by atoms with Gasteiger partial charge < -0.3 is 5.11 Å². The third-order valence-electron chi connectivity index (χ3n) is 2.84. The second-order valence-electron chi connectivity index (χ2n) is 3.77. The van der Waals surface area contributed by atoms with Crippen molar-refractivity contribution in [1.82, 2.24) is 0 Å². The highest BCUT2D eigenvalue weighted by molar-refractivity contribution is 6.33. The van der Waals surface area contributed by atoms with Crippen LogP contribution >= 0.6 is 23.2 Å². The first kappa shape index (κ1) is 10.3. The zero-order valence-electron chi connectivity index (χ0n) is 7.71. The van der Waals surface area contributed by atoms with Crippen molar-refractivity contribution in [3.05, 3.63) is 33.8 Å². The molecule has 2 rings (SSSR count). The van der Waals surface area contributed by atoms with Crippen LogP contribution < -0.4 is 0 Å². The van der Waals surface area contributed by atoms with Crippen molar-refractivity contribution < 1.29 is 5.11 Å². The number of aliphatic hydroxyl groups excluding tert-OH is 1. The van der Waals surface area contributed by atoms with Crippen LogP contribution in [0, 0.1) is 0 Å². The zero-order chi connectivity index (χ0) is 10.1. The van der Waals surface area contributed by atoms with Crippen LogP contribution in [0.1, 0.15) is 30.7 Å². The van der Waals surface area contributed by atoms with Crippen molar-refractivity contribution in [2.24, 2.45) is 0 Å². The van der Waals surface area contributed by atoms with E-state index in [2.05, 4.69) is 0 Å². The van der Waals surface area contributed by atoms with Crippen LogP contribution in [0.5, 0.6) is 0 Å². The molecule has 1 aliphatic carbocycles. The summed E-state index contributed by atoms with van der Waals surface area (Å²) >= 11 is 12.0. The normalized spacial score (nSPS) is 26.8. The predicted octanol–water partition coefficient (Wildman–Crippen LogP) is 3.62. The van der Waals surface area contributed by atoms with E-state index >= 15 is 0 Å². The number of rotatable bonds is 1. The van der Waals surface area contributed by atoms with Crippen LogP contribution in [0.15, 0.2) is 18.2 Å². The molecule has 1 saturated carbocycles. The average molecular weight is 231 g/mol. The summed E-state index contributed by atoms with van der Waals surface area (Å²) in [6.45, 7) is 0. The first-order chi connectivity index (χ1) is 6.68. The smallest absolute Gasteiger partial charge is 0.0609 e. The molecule has 2 atom stereocenters. The molecule has 1 aromatic rings. The zero-order valence-corrected chi connectivity index (χ0v) is 9.22. The molecule has 0 radical (unpaired) electrons. The quantitative estimate of drug-likeness (QED) is 0.782. The Morgan fingerprint density at radius 3 is 2.64 bits per heavy atom. The molecule has 0 bridgehead atoms. The van der Waals surface area contributed by atoms with Gasteiger partial charge in [-0.05, 0) is 36.6 Å². The molecule has 76 valence electrons. The monoisotopic (exact) mass is 230 g/mol. The number of hydrogen-bond acceptors (Lipinski definition) is 1. The molecule has 1 aromatic carbocycles. The van der Waals surface area contributed by atoms with Crippen LogP contribution in [0.25, 0.3) is 0 Å². The van der Waals surface area contributed by atoms with Gasteiger partial charge >= 0.3 is 0 Å². The molecule has 0 saturated heterocycles. The molecule has 1 aliphatic rings. The van der Waals surface area contributed by atoms with Gasteiger partial charge in [-0.25, -0.2) is 0 Å². The summed E-state index contributed by atoms with van der Waals surface area (Å²) < 4.78 is 0. The summed E-state index contributed by atoms with van der Waals surface area (Å²) in [5.74, 6) is 0.168. The van der Waals surface area contributed by atoms with Crippen molar-refractivity contribution >= 4 is 23.2 Å². The Labute approximate surface area is 93.7 Å². The van der Waals surface area contributed by atoms with Crippen LogP contribution in [-0.2, 0) is 0 Å². The Kier molecular flexibility index (Phi) is 3.01. The number of hydrogen-bond donors (Lipinski definition) is 1. The molecule has 3 heteroatoms. The number of benzene rings is 1. The molecule has 0 aliphatic heterocycles. The van der Waals surface area contributed by atoms with E-state index in [0.29, 0.717) is 10.0 Å². The van der Waals surface area contributed by atoms with Gasteiger partial charge in [0.15, 0.2) is 0 Å². The van der Waals surface area contributed by atoms with Gasteiger partial charge in [-0.15, -0.1) is 0 Å². The Balaban J connectivity index is 2.34. The Morgan fingerprint density at radius 1 is 1.21 bits per heavy atom. The Bertz CT molecular complexity index is 338. The van der Waals surface area contributed by atoms with Gasteiger partial charge in [0, 0.05) is 16.0 Å². The van der Waals surface area contributed by atoms with E-state index in [-0.39, 0.29) is 12.0 Å². The maximum absolute atomic E-state index is 9.76. The highest BCUT2D eigenvalue weighted by Crippen LogP contribution is 2.38. The fraction of sp³-hybridized carbons (Fsp3) is 0.455. The van der Waals surface area contributed by atoms with Crippen molar-refractivity contribution in [3.63, 3.8) is 0 Å². The lowest BCUT2D eigenvalue weighted by molar-refractivity contribution is 0.164. The first-order valence-electron chi connectivity index (χ1n) is 4.81. The minimum atomic E-state index is -0.258. The molecule has 14 heavy (non-hydrogen) atoms. The van der Waals surface area contributed by atoms with Gasteiger partial charge in [0.2, 0.25) is 0 Å². The van der Waals surface area contributed by atoms with E-state index < -0.39 is 0 Å². The van der Waals surface area contributed by atoms with Crippen molar-refractivity contribution in [2.75, 3.05) is 0 Å². The van der Waals surface area contributed by atoms with Gasteiger partial charge in [0.25, 0.3) is 0 Å². The minimum Gasteiger partial charge on any atom is -0.392 e. The van der Waals surface area contributed by atoms with Crippen molar-refractivity contribution in [1.29, 1.82) is 0 Å². The summed E-state index contributed by atoms with van der Waals surface area (Å²) in [7, 11) is 0. The van der Waals surface area contributed by atoms with Gasteiger partial charge in [0.05, 0.1) is 6.10 Å². The molecular formula is C11H12Cl2O. The topological polar surface area (TPSA) is 20.2 Å². The number of halogens is 2. The van der Waals surface area contributed by atoms with E-state index in [4.69, 9.17) is 23.2 Å². The van der Waals surface area contributed by atoms with Crippen molar-refractivity contribution in [2.45, 2.75) is 31.3 Å². The molecule has 0 amide bonds. The SMILES string of the molecule is OC1CCCC1c1cc(Cl)ccc1Cl. The fourth-order valence-corrected chi connectivity index (χ4v) is 2.54. The highest BCUT2D eigenvalue weighted by atomic mass is 35.5. The van der Waals surface area contributed by atoms with Gasteiger partial charge in [-0.3, -0.25) is 0 Å². The molecule has 0 aromatic heterocycles. The first-order valence-corrected chi connectivity index (χ1v) is 5.57. The van der Waals surface area contributed by atoms with Crippen LogP contribution in [0.4, 0.5) is 0 Å². The summed E-state index contributed by atoms with van der Waals surface area (Å²) in [4.78, 5) is 0. The lowest BCUT2D eigenvalue weighted by Crippen LogP contribution is -2.11. The Morgan fingerprint density at radius 2 is 2.00 bits per heavy atom.